The Hall–Kier alpha value is -1.46. The number of carbonyl (C=O) groups excluding carboxylic acids is 1. The molecule has 6 nitrogen and oxygen atoms in total. The summed E-state index contributed by atoms with van der Waals surface area (Å²) in [6, 6.07) is -0.423. The molecule has 1 saturated heterocycles. The Kier molecular flexibility index (Phi) is 3.06. The van der Waals surface area contributed by atoms with Crippen LogP contribution in [0.5, 0.6) is 0 Å². The van der Waals surface area contributed by atoms with Gasteiger partial charge in [0.2, 0.25) is 0 Å². The van der Waals surface area contributed by atoms with E-state index >= 15 is 0 Å². The van der Waals surface area contributed by atoms with Crippen molar-refractivity contribution in [2.24, 2.45) is 5.41 Å². The van der Waals surface area contributed by atoms with Crippen LogP contribution in [0.15, 0.2) is 0 Å². The van der Waals surface area contributed by atoms with E-state index < -0.39 is 29.8 Å². The van der Waals surface area contributed by atoms with Crippen LogP contribution in [-0.4, -0.2) is 36.1 Å². The Balaban J connectivity index is 2.72. The van der Waals surface area contributed by atoms with Crippen molar-refractivity contribution in [1.29, 1.82) is 0 Å². The molecule has 0 spiro atoms. The van der Waals surface area contributed by atoms with Crippen LogP contribution in [0, 0.1) is 5.41 Å². The first-order valence-corrected chi connectivity index (χ1v) is 4.63. The Morgan fingerprint density at radius 3 is 2.60 bits per heavy atom. The van der Waals surface area contributed by atoms with E-state index in [2.05, 4.69) is 5.32 Å². The molecule has 0 aromatic carbocycles. The highest BCUT2D eigenvalue weighted by molar-refractivity contribution is 5.69. The first-order valence-electron chi connectivity index (χ1n) is 4.63. The minimum atomic E-state index is -1.35. The third kappa shape index (κ3) is 3.00. The standard InChI is InChI=1S/C9H15NO5/c1-9(2,3)6(15-8(12)13)5-4-14-7(11)10-5/h5-6H,4H2,1-3H3,(H,10,11)(H,12,13). The van der Waals surface area contributed by atoms with E-state index in [9.17, 15) is 9.59 Å². The molecule has 1 fully saturated rings. The zero-order valence-corrected chi connectivity index (χ0v) is 8.94. The lowest BCUT2D eigenvalue weighted by Gasteiger charge is -2.32. The van der Waals surface area contributed by atoms with Crippen molar-refractivity contribution in [3.8, 4) is 0 Å². The molecule has 0 bridgehead atoms. The second kappa shape index (κ2) is 3.96. The van der Waals surface area contributed by atoms with Gasteiger partial charge in [-0.05, 0) is 0 Å². The minimum Gasteiger partial charge on any atom is -0.450 e. The summed E-state index contributed by atoms with van der Waals surface area (Å²) in [4.78, 5) is 21.4. The van der Waals surface area contributed by atoms with E-state index in [1.54, 1.807) is 0 Å². The number of ether oxygens (including phenoxy) is 2. The molecule has 1 rings (SSSR count). The molecule has 1 heterocycles. The third-order valence-corrected chi connectivity index (χ3v) is 2.14. The molecule has 0 radical (unpaired) electrons. The summed E-state index contributed by atoms with van der Waals surface area (Å²) in [6.07, 6.45) is -2.51. The van der Waals surface area contributed by atoms with Gasteiger partial charge in [-0.2, -0.15) is 0 Å². The molecule has 0 aromatic rings. The fourth-order valence-corrected chi connectivity index (χ4v) is 1.53. The highest BCUT2D eigenvalue weighted by Crippen LogP contribution is 2.26. The van der Waals surface area contributed by atoms with Crippen molar-refractivity contribution >= 4 is 12.2 Å². The van der Waals surface area contributed by atoms with Crippen LogP contribution in [0.4, 0.5) is 9.59 Å². The number of hydrogen-bond acceptors (Lipinski definition) is 4. The third-order valence-electron chi connectivity index (χ3n) is 2.14. The van der Waals surface area contributed by atoms with E-state index in [1.165, 1.54) is 0 Å². The van der Waals surface area contributed by atoms with Gasteiger partial charge in [-0.25, -0.2) is 9.59 Å². The minimum absolute atomic E-state index is 0.133. The Morgan fingerprint density at radius 1 is 1.67 bits per heavy atom. The van der Waals surface area contributed by atoms with Gasteiger partial charge in [0.1, 0.15) is 18.8 Å². The lowest BCUT2D eigenvalue weighted by molar-refractivity contribution is -0.0173. The quantitative estimate of drug-likeness (QED) is 0.679. The second-order valence-corrected chi connectivity index (χ2v) is 4.52. The number of nitrogens with one attached hydrogen (secondary N) is 1. The average Bonchev–Trinajstić information content (AvgIpc) is 2.45. The van der Waals surface area contributed by atoms with Gasteiger partial charge in [-0.3, -0.25) is 0 Å². The first-order chi connectivity index (χ1) is 6.80. The molecule has 2 atom stereocenters. The van der Waals surface area contributed by atoms with Crippen molar-refractivity contribution in [3.63, 3.8) is 0 Å². The van der Waals surface area contributed by atoms with Crippen molar-refractivity contribution in [1.82, 2.24) is 5.32 Å². The van der Waals surface area contributed by atoms with Gasteiger partial charge in [0.25, 0.3) is 0 Å². The SMILES string of the molecule is CC(C)(C)C(OC(=O)O)C1COC(=O)N1. The molecular formula is C9H15NO5. The zero-order valence-electron chi connectivity index (χ0n) is 8.94. The number of hydrogen-bond donors (Lipinski definition) is 2. The molecule has 1 amide bonds. The van der Waals surface area contributed by atoms with E-state index in [0.29, 0.717) is 0 Å². The Labute approximate surface area is 87.5 Å². The predicted octanol–water partition coefficient (Wildman–Crippen LogP) is 1.20. The molecule has 1 aliphatic heterocycles. The topological polar surface area (TPSA) is 84.9 Å². The van der Waals surface area contributed by atoms with Crippen LogP contribution >= 0.6 is 0 Å². The Bertz CT molecular complexity index is 270. The first kappa shape index (κ1) is 11.6. The number of cyclic esters (lactones) is 1. The van der Waals surface area contributed by atoms with Crippen LogP contribution in [0.3, 0.4) is 0 Å². The van der Waals surface area contributed by atoms with Gasteiger partial charge < -0.3 is 19.9 Å². The van der Waals surface area contributed by atoms with Crippen molar-refractivity contribution < 1.29 is 24.2 Å². The lowest BCUT2D eigenvalue weighted by atomic mass is 9.85. The molecule has 0 aromatic heterocycles. The Morgan fingerprint density at radius 2 is 2.27 bits per heavy atom. The molecule has 15 heavy (non-hydrogen) atoms. The predicted molar refractivity (Wildman–Crippen MR) is 50.6 cm³/mol. The van der Waals surface area contributed by atoms with E-state index in [0.717, 1.165) is 0 Å². The van der Waals surface area contributed by atoms with Gasteiger partial charge in [0, 0.05) is 5.41 Å². The highest BCUT2D eigenvalue weighted by atomic mass is 16.7. The summed E-state index contributed by atoms with van der Waals surface area (Å²) >= 11 is 0. The molecule has 86 valence electrons. The fourth-order valence-electron chi connectivity index (χ4n) is 1.53. The molecule has 1 aliphatic rings. The van der Waals surface area contributed by atoms with Crippen molar-refractivity contribution in [2.75, 3.05) is 6.61 Å². The number of rotatable bonds is 2. The normalized spacial score (nSPS) is 22.9. The van der Waals surface area contributed by atoms with Crippen LogP contribution in [0.1, 0.15) is 20.8 Å². The number of amides is 1. The molecule has 6 heteroatoms. The summed E-state index contributed by atoms with van der Waals surface area (Å²) in [5, 5.41) is 11.1. The van der Waals surface area contributed by atoms with E-state index in [4.69, 9.17) is 14.6 Å². The highest BCUT2D eigenvalue weighted by Gasteiger charge is 2.40. The monoisotopic (exact) mass is 217 g/mol. The maximum Gasteiger partial charge on any atom is 0.506 e. The summed E-state index contributed by atoms with van der Waals surface area (Å²) in [7, 11) is 0. The fraction of sp³-hybridized carbons (Fsp3) is 0.778. The smallest absolute Gasteiger partial charge is 0.450 e. The van der Waals surface area contributed by atoms with E-state index in [-0.39, 0.29) is 6.61 Å². The molecule has 2 unspecified atom stereocenters. The largest absolute Gasteiger partial charge is 0.506 e. The second-order valence-electron chi connectivity index (χ2n) is 4.52. The summed E-state index contributed by atoms with van der Waals surface area (Å²) < 4.78 is 9.47. The average molecular weight is 217 g/mol. The maximum atomic E-state index is 10.8. The van der Waals surface area contributed by atoms with Gasteiger partial charge in [-0.15, -0.1) is 0 Å². The molecule has 2 N–H and O–H groups in total. The van der Waals surface area contributed by atoms with Gasteiger partial charge in [-0.1, -0.05) is 20.8 Å². The summed E-state index contributed by atoms with van der Waals surface area (Å²) in [5.41, 5.74) is -0.399. The van der Waals surface area contributed by atoms with E-state index in [1.807, 2.05) is 20.8 Å². The van der Waals surface area contributed by atoms with Gasteiger partial charge in [0.05, 0.1) is 0 Å². The zero-order chi connectivity index (χ0) is 11.6. The van der Waals surface area contributed by atoms with Crippen LogP contribution in [0.2, 0.25) is 0 Å². The summed E-state index contributed by atoms with van der Waals surface area (Å²) in [5.74, 6) is 0. The van der Waals surface area contributed by atoms with Crippen LogP contribution in [0.25, 0.3) is 0 Å². The maximum absolute atomic E-state index is 10.8. The number of carbonyl (C=O) groups is 2. The van der Waals surface area contributed by atoms with Gasteiger partial charge >= 0.3 is 12.2 Å². The summed E-state index contributed by atoms with van der Waals surface area (Å²) in [6.45, 7) is 5.65. The molecule has 0 saturated carbocycles. The lowest BCUT2D eigenvalue weighted by Crippen LogP contribution is -2.48. The number of carboxylic acid groups (broad SMARTS) is 1. The molecular weight excluding hydrogens is 202 g/mol. The number of alkyl carbamates (subject to hydrolysis) is 1. The van der Waals surface area contributed by atoms with Crippen LogP contribution < -0.4 is 5.32 Å². The van der Waals surface area contributed by atoms with Gasteiger partial charge in [0.15, 0.2) is 0 Å². The van der Waals surface area contributed by atoms with Crippen molar-refractivity contribution in [3.05, 3.63) is 0 Å². The molecule has 0 aliphatic carbocycles. The van der Waals surface area contributed by atoms with Crippen LogP contribution in [-0.2, 0) is 9.47 Å². The van der Waals surface area contributed by atoms with Crippen molar-refractivity contribution in [2.45, 2.75) is 32.9 Å².